The van der Waals surface area contributed by atoms with Gasteiger partial charge < -0.3 is 15.4 Å². The lowest BCUT2D eigenvalue weighted by Crippen LogP contribution is -2.51. The van der Waals surface area contributed by atoms with Crippen molar-refractivity contribution in [2.75, 3.05) is 18.9 Å². The molecule has 1 aliphatic heterocycles. The monoisotopic (exact) mass is 276 g/mol. The number of nitrogens with zero attached hydrogens (tertiary/aromatic N) is 1. The third-order valence-corrected chi connectivity index (χ3v) is 3.92. The van der Waals surface area contributed by atoms with Crippen LogP contribution in [0.2, 0.25) is 0 Å². The second-order valence-electron chi connectivity index (χ2n) is 5.45. The average molecular weight is 276 g/mol. The lowest BCUT2D eigenvalue weighted by Gasteiger charge is -2.38. The van der Waals surface area contributed by atoms with Gasteiger partial charge in [0.15, 0.2) is 0 Å². The molecule has 4 heteroatoms. The van der Waals surface area contributed by atoms with E-state index in [2.05, 4.69) is 6.92 Å². The highest BCUT2D eigenvalue weighted by molar-refractivity contribution is 5.77. The Morgan fingerprint density at radius 1 is 1.45 bits per heavy atom. The lowest BCUT2D eigenvalue weighted by molar-refractivity contribution is -0.144. The molecule has 1 amide bonds. The van der Waals surface area contributed by atoms with Crippen LogP contribution in [0.25, 0.3) is 0 Å². The Labute approximate surface area is 120 Å². The minimum atomic E-state index is 0.128. The van der Waals surface area contributed by atoms with Crippen molar-refractivity contribution in [3.8, 4) is 0 Å². The molecule has 1 aromatic rings. The van der Waals surface area contributed by atoms with Crippen molar-refractivity contribution in [1.82, 2.24) is 4.90 Å². The normalized spacial score (nSPS) is 22.8. The number of hydrogen-bond acceptors (Lipinski definition) is 3. The summed E-state index contributed by atoms with van der Waals surface area (Å²) in [4.78, 5) is 14.4. The van der Waals surface area contributed by atoms with Crippen LogP contribution < -0.4 is 5.73 Å². The summed E-state index contributed by atoms with van der Waals surface area (Å²) in [6.45, 7) is 5.46. The smallest absolute Gasteiger partial charge is 0.223 e. The second-order valence-corrected chi connectivity index (χ2v) is 5.45. The third-order valence-electron chi connectivity index (χ3n) is 3.92. The van der Waals surface area contributed by atoms with E-state index in [9.17, 15) is 4.79 Å². The van der Waals surface area contributed by atoms with E-state index in [1.54, 1.807) is 0 Å². The summed E-state index contributed by atoms with van der Waals surface area (Å²) in [7, 11) is 0. The number of nitrogen functional groups attached to an aromatic ring is 1. The fraction of sp³-hybridized carbons (Fsp3) is 0.562. The first-order valence-electron chi connectivity index (χ1n) is 7.36. The molecule has 20 heavy (non-hydrogen) atoms. The van der Waals surface area contributed by atoms with Crippen LogP contribution >= 0.6 is 0 Å². The molecule has 110 valence electrons. The summed E-state index contributed by atoms with van der Waals surface area (Å²) in [5.41, 5.74) is 7.73. The first-order chi connectivity index (χ1) is 9.61. The summed E-state index contributed by atoms with van der Waals surface area (Å²) < 4.78 is 5.63. The Balaban J connectivity index is 1.95. The SMILES string of the molecule is CCC1COC(C)CN1C(=O)CCc1ccccc1N. The zero-order valence-corrected chi connectivity index (χ0v) is 12.3. The number of ether oxygens (including phenoxy) is 1. The van der Waals surface area contributed by atoms with Crippen LogP contribution in [0.1, 0.15) is 32.3 Å². The van der Waals surface area contributed by atoms with Gasteiger partial charge in [0.1, 0.15) is 0 Å². The summed E-state index contributed by atoms with van der Waals surface area (Å²) in [6.07, 6.45) is 2.28. The summed E-state index contributed by atoms with van der Waals surface area (Å²) in [5, 5.41) is 0. The zero-order valence-electron chi connectivity index (χ0n) is 12.3. The van der Waals surface area contributed by atoms with Crippen LogP contribution in [0.15, 0.2) is 24.3 Å². The number of aryl methyl sites for hydroxylation is 1. The maximum atomic E-state index is 12.4. The van der Waals surface area contributed by atoms with Gasteiger partial charge >= 0.3 is 0 Å². The fourth-order valence-electron chi connectivity index (χ4n) is 2.63. The molecule has 1 aromatic carbocycles. The average Bonchev–Trinajstić information content (AvgIpc) is 2.46. The van der Waals surface area contributed by atoms with Crippen LogP contribution in [-0.2, 0) is 16.0 Å². The van der Waals surface area contributed by atoms with Gasteiger partial charge in [-0.3, -0.25) is 4.79 Å². The second kappa shape index (κ2) is 6.75. The quantitative estimate of drug-likeness (QED) is 0.858. The third kappa shape index (κ3) is 3.51. The first kappa shape index (κ1) is 14.9. The van der Waals surface area contributed by atoms with Gasteiger partial charge in [-0.25, -0.2) is 0 Å². The van der Waals surface area contributed by atoms with Crippen molar-refractivity contribution >= 4 is 11.6 Å². The number of anilines is 1. The number of carbonyl (C=O) groups excluding carboxylic acids is 1. The van der Waals surface area contributed by atoms with Gasteiger partial charge in [0.05, 0.1) is 18.8 Å². The van der Waals surface area contributed by atoms with Crippen LogP contribution in [0.3, 0.4) is 0 Å². The Kier molecular flexibility index (Phi) is 5.01. The van der Waals surface area contributed by atoms with Crippen molar-refractivity contribution in [1.29, 1.82) is 0 Å². The highest BCUT2D eigenvalue weighted by atomic mass is 16.5. The molecule has 0 aliphatic carbocycles. The molecule has 0 bridgehead atoms. The molecule has 0 aromatic heterocycles. The van der Waals surface area contributed by atoms with E-state index in [0.717, 1.165) is 17.7 Å². The first-order valence-corrected chi connectivity index (χ1v) is 7.36. The van der Waals surface area contributed by atoms with Crippen LogP contribution in [-0.4, -0.2) is 36.1 Å². The zero-order chi connectivity index (χ0) is 14.5. The van der Waals surface area contributed by atoms with Crippen molar-refractivity contribution < 1.29 is 9.53 Å². The number of carbonyl (C=O) groups is 1. The lowest BCUT2D eigenvalue weighted by atomic mass is 10.1. The summed E-state index contributed by atoms with van der Waals surface area (Å²) in [5.74, 6) is 0.204. The maximum Gasteiger partial charge on any atom is 0.223 e. The van der Waals surface area contributed by atoms with E-state index < -0.39 is 0 Å². The van der Waals surface area contributed by atoms with Crippen LogP contribution in [0, 0.1) is 0 Å². The molecule has 1 saturated heterocycles. The van der Waals surface area contributed by atoms with Gasteiger partial charge in [-0.1, -0.05) is 25.1 Å². The molecule has 0 spiro atoms. The Morgan fingerprint density at radius 3 is 2.90 bits per heavy atom. The largest absolute Gasteiger partial charge is 0.399 e. The van der Waals surface area contributed by atoms with E-state index >= 15 is 0 Å². The highest BCUT2D eigenvalue weighted by Crippen LogP contribution is 2.18. The highest BCUT2D eigenvalue weighted by Gasteiger charge is 2.28. The summed E-state index contributed by atoms with van der Waals surface area (Å²) in [6, 6.07) is 7.96. The molecule has 1 heterocycles. The van der Waals surface area contributed by atoms with E-state index in [-0.39, 0.29) is 18.1 Å². The van der Waals surface area contributed by atoms with Crippen molar-refractivity contribution in [2.45, 2.75) is 45.3 Å². The molecule has 4 nitrogen and oxygen atoms in total. The van der Waals surface area contributed by atoms with Gasteiger partial charge in [0.25, 0.3) is 0 Å². The molecule has 2 atom stereocenters. The van der Waals surface area contributed by atoms with Gasteiger partial charge in [0.2, 0.25) is 5.91 Å². The van der Waals surface area contributed by atoms with Crippen LogP contribution in [0.4, 0.5) is 5.69 Å². The number of nitrogens with two attached hydrogens (primary N) is 1. The maximum absolute atomic E-state index is 12.4. The van der Waals surface area contributed by atoms with E-state index in [1.165, 1.54) is 0 Å². The number of morpholine rings is 1. The van der Waals surface area contributed by atoms with Crippen molar-refractivity contribution in [2.24, 2.45) is 0 Å². The number of rotatable bonds is 4. The fourth-order valence-corrected chi connectivity index (χ4v) is 2.63. The number of hydrogen-bond donors (Lipinski definition) is 1. The Bertz CT molecular complexity index is 462. The predicted molar refractivity (Wildman–Crippen MR) is 80.4 cm³/mol. The molecular weight excluding hydrogens is 252 g/mol. The molecule has 2 N–H and O–H groups in total. The van der Waals surface area contributed by atoms with Gasteiger partial charge in [-0.15, -0.1) is 0 Å². The van der Waals surface area contributed by atoms with Gasteiger partial charge in [-0.05, 0) is 31.4 Å². The van der Waals surface area contributed by atoms with Crippen LogP contribution in [0.5, 0.6) is 0 Å². The number of benzene rings is 1. The molecule has 2 rings (SSSR count). The van der Waals surface area contributed by atoms with Crippen molar-refractivity contribution in [3.05, 3.63) is 29.8 Å². The molecular formula is C16H24N2O2. The Hall–Kier alpha value is -1.55. The topological polar surface area (TPSA) is 55.6 Å². The van der Waals surface area contributed by atoms with Crippen molar-refractivity contribution in [3.63, 3.8) is 0 Å². The predicted octanol–water partition coefficient (Wildman–Crippen LogP) is 2.23. The van der Waals surface area contributed by atoms with Gasteiger partial charge in [0, 0.05) is 18.7 Å². The number of amides is 1. The molecule has 1 aliphatic rings. The minimum Gasteiger partial charge on any atom is -0.399 e. The molecule has 0 radical (unpaired) electrons. The molecule has 1 fully saturated rings. The van der Waals surface area contributed by atoms with E-state index in [4.69, 9.17) is 10.5 Å². The van der Waals surface area contributed by atoms with E-state index in [0.29, 0.717) is 26.0 Å². The van der Waals surface area contributed by atoms with E-state index in [1.807, 2.05) is 36.1 Å². The molecule has 2 unspecified atom stereocenters. The standard InChI is InChI=1S/C16H24N2O2/c1-3-14-11-20-12(2)10-18(14)16(19)9-8-13-6-4-5-7-15(13)17/h4-7,12,14H,3,8-11,17H2,1-2H3. The summed E-state index contributed by atoms with van der Waals surface area (Å²) >= 11 is 0. The Morgan fingerprint density at radius 2 is 2.20 bits per heavy atom. The molecule has 0 saturated carbocycles. The van der Waals surface area contributed by atoms with Gasteiger partial charge in [-0.2, -0.15) is 0 Å². The number of para-hydroxylation sites is 1. The minimum absolute atomic E-state index is 0.128.